The second-order valence-electron chi connectivity index (χ2n) is 11.7. The number of carbonyl (C=O) groups excluding carboxylic acids is 2. The SMILES string of the molecule is CN(c1c(Cl)c(C(=O)CC2C3CC4CC2CC(O)(C4)C3)nn1C)C1CCN(C(=O)NCC(F)(F)F)CC1. The summed E-state index contributed by atoms with van der Waals surface area (Å²) in [5, 5.41) is 17.6. The number of aryl methyl sites for hydroxylation is 1. The number of rotatable bonds is 6. The van der Waals surface area contributed by atoms with E-state index in [4.69, 9.17) is 11.6 Å². The van der Waals surface area contributed by atoms with Gasteiger partial charge in [-0.15, -0.1) is 0 Å². The van der Waals surface area contributed by atoms with Gasteiger partial charge in [-0.05, 0) is 68.6 Å². The summed E-state index contributed by atoms with van der Waals surface area (Å²) in [4.78, 5) is 28.8. The number of nitrogens with zero attached hydrogens (tertiary/aromatic N) is 4. The molecule has 0 radical (unpaired) electrons. The number of hydrogen-bond donors (Lipinski definition) is 2. The van der Waals surface area contributed by atoms with E-state index in [1.807, 2.05) is 17.3 Å². The highest BCUT2D eigenvalue weighted by Crippen LogP contribution is 2.59. The molecule has 12 heteroatoms. The van der Waals surface area contributed by atoms with Gasteiger partial charge in [0.2, 0.25) is 0 Å². The number of amides is 2. The first kappa shape index (κ1) is 26.6. The zero-order valence-corrected chi connectivity index (χ0v) is 22.0. The first-order valence-corrected chi connectivity index (χ1v) is 13.5. The van der Waals surface area contributed by atoms with Crippen molar-refractivity contribution in [3.05, 3.63) is 10.7 Å². The van der Waals surface area contributed by atoms with Crippen LogP contribution in [0.4, 0.5) is 23.8 Å². The first-order valence-electron chi connectivity index (χ1n) is 13.1. The molecule has 4 saturated carbocycles. The molecule has 1 saturated heterocycles. The summed E-state index contributed by atoms with van der Waals surface area (Å²) in [5.41, 5.74) is -0.272. The highest BCUT2D eigenvalue weighted by molar-refractivity contribution is 6.36. The summed E-state index contributed by atoms with van der Waals surface area (Å²) >= 11 is 6.73. The van der Waals surface area contributed by atoms with Crippen LogP contribution in [0.5, 0.6) is 0 Å². The van der Waals surface area contributed by atoms with Gasteiger partial charge in [-0.3, -0.25) is 9.48 Å². The molecule has 37 heavy (non-hydrogen) atoms. The molecule has 206 valence electrons. The lowest BCUT2D eigenvalue weighted by Gasteiger charge is -2.58. The van der Waals surface area contributed by atoms with Crippen LogP contribution in [0.1, 0.15) is 61.9 Å². The summed E-state index contributed by atoms with van der Waals surface area (Å²) < 4.78 is 38.8. The van der Waals surface area contributed by atoms with E-state index in [-0.39, 0.29) is 23.4 Å². The summed E-state index contributed by atoms with van der Waals surface area (Å²) in [7, 11) is 3.60. The van der Waals surface area contributed by atoms with Gasteiger partial charge in [0.1, 0.15) is 23.1 Å². The Morgan fingerprint density at radius 1 is 1.19 bits per heavy atom. The van der Waals surface area contributed by atoms with Crippen LogP contribution in [0.25, 0.3) is 0 Å². The van der Waals surface area contributed by atoms with Crippen molar-refractivity contribution in [2.24, 2.45) is 30.7 Å². The van der Waals surface area contributed by atoms with E-state index in [1.54, 1.807) is 11.7 Å². The second kappa shape index (κ2) is 9.63. The number of aromatic nitrogens is 2. The van der Waals surface area contributed by atoms with E-state index in [0.29, 0.717) is 60.9 Å². The molecule has 2 N–H and O–H groups in total. The molecule has 1 aromatic rings. The lowest BCUT2D eigenvalue weighted by atomic mass is 9.49. The van der Waals surface area contributed by atoms with Gasteiger partial charge < -0.3 is 20.2 Å². The summed E-state index contributed by atoms with van der Waals surface area (Å²) in [5.74, 6) is 2.14. The molecule has 2 unspecified atom stereocenters. The number of aliphatic hydroxyl groups is 1. The normalized spacial score (nSPS) is 31.6. The fraction of sp³-hybridized carbons (Fsp3) is 0.800. The first-order chi connectivity index (χ1) is 17.3. The predicted octanol–water partition coefficient (Wildman–Crippen LogP) is 4.01. The topological polar surface area (TPSA) is 90.7 Å². The van der Waals surface area contributed by atoms with E-state index in [1.165, 1.54) is 4.90 Å². The van der Waals surface area contributed by atoms with Crippen molar-refractivity contribution in [1.82, 2.24) is 20.0 Å². The van der Waals surface area contributed by atoms with E-state index in [0.717, 1.165) is 32.1 Å². The van der Waals surface area contributed by atoms with Gasteiger partial charge in [-0.25, -0.2) is 4.79 Å². The zero-order chi connectivity index (χ0) is 26.7. The Hall–Kier alpha value is -2.01. The van der Waals surface area contributed by atoms with Crippen LogP contribution in [0.3, 0.4) is 0 Å². The molecule has 4 aliphatic carbocycles. The third-order valence-electron chi connectivity index (χ3n) is 9.16. The summed E-state index contributed by atoms with van der Waals surface area (Å²) in [6.07, 6.45) is 1.71. The van der Waals surface area contributed by atoms with E-state index in [2.05, 4.69) is 5.10 Å². The third-order valence-corrected chi connectivity index (χ3v) is 9.50. The fourth-order valence-electron chi connectivity index (χ4n) is 7.70. The van der Waals surface area contributed by atoms with Crippen LogP contribution in [0, 0.1) is 23.7 Å². The van der Waals surface area contributed by atoms with Crippen molar-refractivity contribution in [3.8, 4) is 0 Å². The Labute approximate surface area is 219 Å². The number of anilines is 1. The number of nitrogens with one attached hydrogen (secondary N) is 1. The molecule has 5 fully saturated rings. The maximum absolute atomic E-state index is 13.4. The number of urea groups is 1. The molecule has 2 atom stereocenters. The number of likely N-dealkylation sites (tertiary alicyclic amines) is 1. The quantitative estimate of drug-likeness (QED) is 0.527. The van der Waals surface area contributed by atoms with Gasteiger partial charge in [0.25, 0.3) is 0 Å². The maximum atomic E-state index is 13.4. The van der Waals surface area contributed by atoms with Crippen LogP contribution >= 0.6 is 11.6 Å². The van der Waals surface area contributed by atoms with Gasteiger partial charge in [-0.2, -0.15) is 18.3 Å². The fourth-order valence-corrected chi connectivity index (χ4v) is 8.10. The van der Waals surface area contributed by atoms with Gasteiger partial charge in [0.15, 0.2) is 5.78 Å². The number of ketones is 1. The average Bonchev–Trinajstić information content (AvgIpc) is 3.11. The Kier molecular flexibility index (Phi) is 6.92. The Bertz CT molecular complexity index is 1040. The number of Topliss-reactive ketones (excluding diaryl/α,β-unsaturated/α-hetero) is 1. The molecule has 2 heterocycles. The van der Waals surface area contributed by atoms with Gasteiger partial charge in [0, 0.05) is 39.6 Å². The maximum Gasteiger partial charge on any atom is 0.405 e. The van der Waals surface area contributed by atoms with E-state index in [9.17, 15) is 27.9 Å². The summed E-state index contributed by atoms with van der Waals surface area (Å²) in [6.45, 7) is -0.716. The van der Waals surface area contributed by atoms with Crippen molar-refractivity contribution >= 4 is 29.2 Å². The Morgan fingerprint density at radius 2 is 1.81 bits per heavy atom. The monoisotopic (exact) mass is 545 g/mol. The Morgan fingerprint density at radius 3 is 2.38 bits per heavy atom. The smallest absolute Gasteiger partial charge is 0.390 e. The van der Waals surface area contributed by atoms with Crippen LogP contribution in [-0.2, 0) is 7.05 Å². The van der Waals surface area contributed by atoms with Crippen LogP contribution in [-0.4, -0.2) is 76.1 Å². The molecule has 5 aliphatic rings. The predicted molar refractivity (Wildman–Crippen MR) is 132 cm³/mol. The molecule has 0 aromatic carbocycles. The second-order valence-corrected chi connectivity index (χ2v) is 12.1. The largest absolute Gasteiger partial charge is 0.405 e. The minimum absolute atomic E-state index is 0.00677. The van der Waals surface area contributed by atoms with Crippen molar-refractivity contribution in [2.75, 3.05) is 31.6 Å². The van der Waals surface area contributed by atoms with Crippen LogP contribution in [0.2, 0.25) is 5.02 Å². The molecule has 8 nitrogen and oxygen atoms in total. The van der Waals surface area contributed by atoms with Crippen molar-refractivity contribution < 1.29 is 27.9 Å². The highest BCUT2D eigenvalue weighted by Gasteiger charge is 2.55. The molecule has 1 aromatic heterocycles. The van der Waals surface area contributed by atoms with E-state index >= 15 is 0 Å². The lowest BCUT2D eigenvalue weighted by Crippen LogP contribution is -2.54. The number of alkyl halides is 3. The van der Waals surface area contributed by atoms with Gasteiger partial charge >= 0.3 is 12.2 Å². The lowest BCUT2D eigenvalue weighted by molar-refractivity contribution is -0.151. The van der Waals surface area contributed by atoms with Crippen molar-refractivity contribution in [1.29, 1.82) is 0 Å². The molecule has 6 rings (SSSR count). The third kappa shape index (κ3) is 5.30. The molecule has 0 spiro atoms. The van der Waals surface area contributed by atoms with Gasteiger partial charge in [0.05, 0.1) is 5.60 Å². The number of carbonyl (C=O) groups is 2. The zero-order valence-electron chi connectivity index (χ0n) is 21.2. The molecular weight excluding hydrogens is 511 g/mol. The standard InChI is InChI=1S/C25H35ClF3N5O3/c1-32(17-3-5-34(6-4-17)23(36)30-13-25(27,28)29)22-20(26)21(31-33(22)2)19(35)9-18-15-7-14-8-16(18)12-24(37,10-14)11-15/h14-18,37H,3-13H2,1-2H3,(H,30,36). The van der Waals surface area contributed by atoms with Crippen molar-refractivity contribution in [2.45, 2.75) is 69.2 Å². The molecule has 4 bridgehead atoms. The summed E-state index contributed by atoms with van der Waals surface area (Å²) in [6, 6.07) is -0.727. The van der Waals surface area contributed by atoms with Crippen LogP contribution in [0.15, 0.2) is 0 Å². The number of halogens is 4. The number of hydrogen-bond acceptors (Lipinski definition) is 5. The molecule has 1 aliphatic heterocycles. The minimum Gasteiger partial charge on any atom is -0.390 e. The molecule has 2 amide bonds. The minimum atomic E-state index is -4.45. The molecular formula is C25H35ClF3N5O3. The highest BCUT2D eigenvalue weighted by atomic mass is 35.5. The Balaban J connectivity index is 1.20. The number of piperidine rings is 1. The van der Waals surface area contributed by atoms with E-state index < -0.39 is 24.4 Å². The van der Waals surface area contributed by atoms with Crippen LogP contribution < -0.4 is 10.2 Å². The van der Waals surface area contributed by atoms with Gasteiger partial charge in [-0.1, -0.05) is 11.6 Å². The van der Waals surface area contributed by atoms with Crippen molar-refractivity contribution in [3.63, 3.8) is 0 Å². The average molecular weight is 546 g/mol.